The predicted molar refractivity (Wildman–Crippen MR) is 101 cm³/mol. The number of aliphatic hydroxyl groups excluding tert-OH is 2. The fraction of sp³-hybridized carbons (Fsp3) is 0.381. The minimum absolute atomic E-state index is 0.0547. The molecule has 1 aliphatic heterocycles. The molecule has 7 heteroatoms. The number of aromatic hydroxyl groups is 1. The molecule has 0 spiro atoms. The first kappa shape index (κ1) is 20.0. The monoisotopic (exact) mass is 388 g/mol. The van der Waals surface area contributed by atoms with Crippen LogP contribution in [0, 0.1) is 5.92 Å². The van der Waals surface area contributed by atoms with Crippen molar-refractivity contribution in [1.29, 1.82) is 0 Å². The van der Waals surface area contributed by atoms with Crippen LogP contribution < -0.4 is 9.47 Å². The molecule has 0 unspecified atom stereocenters. The third-order valence-electron chi connectivity index (χ3n) is 4.57. The van der Waals surface area contributed by atoms with Crippen molar-refractivity contribution in [2.24, 2.45) is 5.92 Å². The Labute approximate surface area is 163 Å². The Morgan fingerprint density at radius 1 is 1.25 bits per heavy atom. The van der Waals surface area contributed by atoms with E-state index in [2.05, 4.69) is 0 Å². The molecule has 2 aromatic rings. The van der Waals surface area contributed by atoms with Gasteiger partial charge in [0.05, 0.1) is 19.8 Å². The molecule has 0 radical (unpaired) electrons. The molecule has 1 aliphatic rings. The molecular weight excluding hydrogens is 364 g/mol. The summed E-state index contributed by atoms with van der Waals surface area (Å²) in [5.74, 6) is -0.114. The van der Waals surface area contributed by atoms with E-state index >= 15 is 0 Å². The highest BCUT2D eigenvalue weighted by molar-refractivity contribution is 5.96. The van der Waals surface area contributed by atoms with E-state index in [1.165, 1.54) is 13.2 Å². The summed E-state index contributed by atoms with van der Waals surface area (Å²) in [5.41, 5.74) is 1.43. The van der Waals surface area contributed by atoms with E-state index < -0.39 is 12.1 Å². The van der Waals surface area contributed by atoms with Crippen molar-refractivity contribution >= 4 is 5.97 Å². The number of benzene rings is 2. The molecule has 3 rings (SSSR count). The number of esters is 1. The molecular formula is C21H24O7. The van der Waals surface area contributed by atoms with Crippen molar-refractivity contribution < 1.29 is 34.3 Å². The Balaban J connectivity index is 2.12. The standard InChI is InChI=1S/C21H24O7/c1-11(2)6-15(23)14-4-5-17-18(20(14)26-3)21(25)27-10-13-7-12(9-22)8-16(24)19(13)28-17/h4-5,7-8,11,15,22-24H,6,9-10H2,1-3H3/t15-/m0/s1. The predicted octanol–water partition coefficient (Wildman–Crippen LogP) is 3.44. The number of aliphatic hydroxyl groups is 2. The highest BCUT2D eigenvalue weighted by Gasteiger charge is 2.30. The lowest BCUT2D eigenvalue weighted by Crippen LogP contribution is -2.15. The molecule has 0 aromatic heterocycles. The number of carbonyl (C=O) groups excluding carboxylic acids is 1. The average Bonchev–Trinajstić information content (AvgIpc) is 2.65. The summed E-state index contributed by atoms with van der Waals surface area (Å²) in [6.07, 6.45) is -0.315. The third-order valence-corrected chi connectivity index (χ3v) is 4.57. The van der Waals surface area contributed by atoms with Crippen molar-refractivity contribution in [3.63, 3.8) is 0 Å². The third kappa shape index (κ3) is 3.76. The first-order valence-corrected chi connectivity index (χ1v) is 9.05. The van der Waals surface area contributed by atoms with Gasteiger partial charge in [0.2, 0.25) is 0 Å². The topological polar surface area (TPSA) is 105 Å². The Bertz CT molecular complexity index is 889. The van der Waals surface area contributed by atoms with Crippen LogP contribution in [-0.4, -0.2) is 28.4 Å². The van der Waals surface area contributed by atoms with E-state index in [-0.39, 0.29) is 47.7 Å². The van der Waals surface area contributed by atoms with Gasteiger partial charge in [0.15, 0.2) is 11.5 Å². The number of carbonyl (C=O) groups is 1. The van der Waals surface area contributed by atoms with Crippen molar-refractivity contribution in [2.45, 2.75) is 39.6 Å². The quantitative estimate of drug-likeness (QED) is 0.674. The fourth-order valence-electron chi connectivity index (χ4n) is 3.29. The van der Waals surface area contributed by atoms with Gasteiger partial charge in [-0.1, -0.05) is 13.8 Å². The second kappa shape index (κ2) is 8.08. The van der Waals surface area contributed by atoms with Crippen molar-refractivity contribution in [2.75, 3.05) is 7.11 Å². The van der Waals surface area contributed by atoms with E-state index in [4.69, 9.17) is 14.2 Å². The van der Waals surface area contributed by atoms with Gasteiger partial charge in [-0.05, 0) is 42.2 Å². The molecule has 28 heavy (non-hydrogen) atoms. The van der Waals surface area contributed by atoms with Crippen LogP contribution in [0.5, 0.6) is 23.0 Å². The number of hydrogen-bond acceptors (Lipinski definition) is 7. The van der Waals surface area contributed by atoms with E-state index in [1.54, 1.807) is 18.2 Å². The largest absolute Gasteiger partial charge is 0.504 e. The summed E-state index contributed by atoms with van der Waals surface area (Å²) in [7, 11) is 1.41. The van der Waals surface area contributed by atoms with Gasteiger partial charge in [-0.3, -0.25) is 0 Å². The Kier molecular flexibility index (Phi) is 5.76. The van der Waals surface area contributed by atoms with Crippen molar-refractivity contribution in [1.82, 2.24) is 0 Å². The normalized spacial score (nSPS) is 14.3. The lowest BCUT2D eigenvalue weighted by atomic mass is 9.96. The zero-order valence-corrected chi connectivity index (χ0v) is 16.1. The van der Waals surface area contributed by atoms with E-state index in [1.807, 2.05) is 13.8 Å². The minimum Gasteiger partial charge on any atom is -0.504 e. The number of phenolic OH excluding ortho intramolecular Hbond substituents is 1. The maximum absolute atomic E-state index is 12.7. The molecule has 7 nitrogen and oxygen atoms in total. The zero-order chi connectivity index (χ0) is 20.4. The summed E-state index contributed by atoms with van der Waals surface area (Å²) < 4.78 is 16.7. The molecule has 0 amide bonds. The number of ether oxygens (including phenoxy) is 3. The van der Waals surface area contributed by atoms with Crippen LogP contribution in [0.2, 0.25) is 0 Å². The SMILES string of the molecule is COc1c([C@@H](O)CC(C)C)ccc2c1C(=O)OCc1cc(CO)cc(O)c1O2. The van der Waals surface area contributed by atoms with Crippen LogP contribution >= 0.6 is 0 Å². The van der Waals surface area contributed by atoms with Gasteiger partial charge in [0.1, 0.15) is 23.7 Å². The summed E-state index contributed by atoms with van der Waals surface area (Å²) in [4.78, 5) is 12.7. The highest BCUT2D eigenvalue weighted by atomic mass is 16.5. The molecule has 1 atom stereocenters. The van der Waals surface area contributed by atoms with Crippen molar-refractivity contribution in [3.8, 4) is 23.0 Å². The smallest absolute Gasteiger partial charge is 0.346 e. The van der Waals surface area contributed by atoms with Gasteiger partial charge < -0.3 is 29.5 Å². The summed E-state index contributed by atoms with van der Waals surface area (Å²) in [6, 6.07) is 6.18. The molecule has 0 saturated carbocycles. The van der Waals surface area contributed by atoms with Gasteiger partial charge in [-0.15, -0.1) is 0 Å². The second-order valence-electron chi connectivity index (χ2n) is 7.15. The average molecular weight is 388 g/mol. The number of hydrogen-bond donors (Lipinski definition) is 3. The Hall–Kier alpha value is -2.77. The van der Waals surface area contributed by atoms with Gasteiger partial charge in [0.25, 0.3) is 0 Å². The maximum Gasteiger partial charge on any atom is 0.346 e. The number of phenols is 1. The second-order valence-corrected chi connectivity index (χ2v) is 7.15. The molecule has 0 aliphatic carbocycles. The molecule has 150 valence electrons. The van der Waals surface area contributed by atoms with Crippen LogP contribution in [0.1, 0.15) is 53.4 Å². The number of fused-ring (bicyclic) bond motifs is 2. The van der Waals surface area contributed by atoms with Crippen LogP contribution in [0.3, 0.4) is 0 Å². The number of methoxy groups -OCH3 is 1. The van der Waals surface area contributed by atoms with E-state index in [0.717, 1.165) is 0 Å². The zero-order valence-electron chi connectivity index (χ0n) is 16.1. The summed E-state index contributed by atoms with van der Waals surface area (Å²) in [5, 5.41) is 30.1. The summed E-state index contributed by atoms with van der Waals surface area (Å²) >= 11 is 0. The summed E-state index contributed by atoms with van der Waals surface area (Å²) in [6.45, 7) is 3.56. The van der Waals surface area contributed by atoms with Crippen LogP contribution in [-0.2, 0) is 18.0 Å². The molecule has 1 heterocycles. The van der Waals surface area contributed by atoms with Crippen LogP contribution in [0.25, 0.3) is 0 Å². The molecule has 0 fully saturated rings. The Morgan fingerprint density at radius 2 is 2.00 bits per heavy atom. The Morgan fingerprint density at radius 3 is 2.64 bits per heavy atom. The fourth-order valence-corrected chi connectivity index (χ4v) is 3.29. The molecule has 3 N–H and O–H groups in total. The highest BCUT2D eigenvalue weighted by Crippen LogP contribution is 2.44. The van der Waals surface area contributed by atoms with E-state index in [9.17, 15) is 20.1 Å². The van der Waals surface area contributed by atoms with Crippen LogP contribution in [0.15, 0.2) is 24.3 Å². The maximum atomic E-state index is 12.7. The van der Waals surface area contributed by atoms with Crippen LogP contribution in [0.4, 0.5) is 0 Å². The van der Waals surface area contributed by atoms with Crippen molar-refractivity contribution in [3.05, 3.63) is 46.5 Å². The minimum atomic E-state index is -0.814. The van der Waals surface area contributed by atoms with Gasteiger partial charge in [-0.2, -0.15) is 0 Å². The van der Waals surface area contributed by atoms with Gasteiger partial charge in [-0.25, -0.2) is 4.79 Å². The van der Waals surface area contributed by atoms with Gasteiger partial charge >= 0.3 is 5.97 Å². The molecule has 2 aromatic carbocycles. The molecule has 0 bridgehead atoms. The first-order chi connectivity index (χ1) is 13.3. The lowest BCUT2D eigenvalue weighted by molar-refractivity contribution is 0.0453. The van der Waals surface area contributed by atoms with Gasteiger partial charge in [0, 0.05) is 11.1 Å². The molecule has 0 saturated heterocycles. The number of cyclic esters (lactones) is 1. The lowest BCUT2D eigenvalue weighted by Gasteiger charge is -2.23. The number of rotatable bonds is 5. The van der Waals surface area contributed by atoms with E-state index in [0.29, 0.717) is 23.1 Å². The first-order valence-electron chi connectivity index (χ1n) is 9.05.